The minimum atomic E-state index is 0. The molecule has 0 radical (unpaired) electrons. The molecule has 2 aliphatic rings. The molecule has 1 aliphatic heterocycles. The van der Waals surface area contributed by atoms with Gasteiger partial charge in [0, 0.05) is 31.6 Å². The average Bonchev–Trinajstić information content (AvgIpc) is 2.50. The topological polar surface area (TPSA) is 32.3 Å². The Balaban J connectivity index is 0.00000176. The molecule has 1 saturated heterocycles. The number of carbonyl (C=O) groups excluding carboxylic acids is 1. The minimum absolute atomic E-state index is 0. The summed E-state index contributed by atoms with van der Waals surface area (Å²) >= 11 is 0. The van der Waals surface area contributed by atoms with Crippen molar-refractivity contribution in [3.63, 3.8) is 0 Å². The monoisotopic (exact) mass is 322 g/mol. The number of halogens is 1. The Labute approximate surface area is 139 Å². The van der Waals surface area contributed by atoms with Gasteiger partial charge in [0.1, 0.15) is 0 Å². The molecule has 0 bridgehead atoms. The lowest BCUT2D eigenvalue weighted by molar-refractivity contribution is -0.136. The zero-order valence-corrected chi connectivity index (χ0v) is 14.4. The van der Waals surface area contributed by atoms with E-state index >= 15 is 0 Å². The summed E-state index contributed by atoms with van der Waals surface area (Å²) in [5.41, 5.74) is 2.92. The maximum absolute atomic E-state index is 12.6. The number of carbonyl (C=O) groups is 1. The summed E-state index contributed by atoms with van der Waals surface area (Å²) < 4.78 is 0. The molecule has 1 aromatic rings. The highest BCUT2D eigenvalue weighted by molar-refractivity contribution is 5.85. The van der Waals surface area contributed by atoms with E-state index in [1.54, 1.807) is 0 Å². The van der Waals surface area contributed by atoms with E-state index in [-0.39, 0.29) is 12.4 Å². The van der Waals surface area contributed by atoms with Gasteiger partial charge in [-0.1, -0.05) is 24.3 Å². The molecule has 1 aromatic carbocycles. The number of benzene rings is 1. The molecule has 3 unspecified atom stereocenters. The maximum atomic E-state index is 12.6. The predicted octanol–water partition coefficient (Wildman–Crippen LogP) is 2.81. The van der Waals surface area contributed by atoms with E-state index in [4.69, 9.17) is 0 Å². The van der Waals surface area contributed by atoms with Crippen LogP contribution >= 0.6 is 12.4 Å². The van der Waals surface area contributed by atoms with Crippen LogP contribution in [0.3, 0.4) is 0 Å². The Morgan fingerprint density at radius 3 is 2.77 bits per heavy atom. The lowest BCUT2D eigenvalue weighted by Gasteiger charge is -2.39. The number of fused-ring (bicyclic) bond motifs is 1. The van der Waals surface area contributed by atoms with E-state index < -0.39 is 0 Å². The number of aryl methyl sites for hydroxylation is 1. The van der Waals surface area contributed by atoms with Crippen molar-refractivity contribution in [3.8, 4) is 0 Å². The highest BCUT2D eigenvalue weighted by atomic mass is 35.5. The first kappa shape index (κ1) is 17.3. The van der Waals surface area contributed by atoms with Gasteiger partial charge in [0.15, 0.2) is 0 Å². The number of nitrogens with zero attached hydrogens (tertiary/aromatic N) is 1. The molecule has 3 rings (SSSR count). The van der Waals surface area contributed by atoms with Crippen molar-refractivity contribution in [1.29, 1.82) is 0 Å². The smallest absolute Gasteiger partial charge is 0.223 e. The van der Waals surface area contributed by atoms with Gasteiger partial charge >= 0.3 is 0 Å². The van der Waals surface area contributed by atoms with Crippen molar-refractivity contribution in [1.82, 2.24) is 10.2 Å². The third-order valence-electron chi connectivity index (χ3n) is 5.27. The van der Waals surface area contributed by atoms with Crippen LogP contribution in [0.15, 0.2) is 24.3 Å². The van der Waals surface area contributed by atoms with Crippen LogP contribution in [0.1, 0.15) is 37.8 Å². The Kier molecular flexibility index (Phi) is 5.87. The van der Waals surface area contributed by atoms with Crippen molar-refractivity contribution in [2.75, 3.05) is 13.1 Å². The highest BCUT2D eigenvalue weighted by Crippen LogP contribution is 2.28. The van der Waals surface area contributed by atoms with Crippen LogP contribution in [0.5, 0.6) is 0 Å². The third kappa shape index (κ3) is 3.64. The second-order valence-electron chi connectivity index (χ2n) is 6.65. The molecule has 0 spiro atoms. The fourth-order valence-electron chi connectivity index (χ4n) is 3.72. The lowest BCUT2D eigenvalue weighted by Crippen LogP contribution is -2.57. The highest BCUT2D eigenvalue weighted by Gasteiger charge is 2.30. The zero-order valence-electron chi connectivity index (χ0n) is 13.5. The van der Waals surface area contributed by atoms with Crippen molar-refractivity contribution < 1.29 is 4.79 Å². The van der Waals surface area contributed by atoms with E-state index in [1.807, 2.05) is 0 Å². The normalized spacial score (nSPS) is 27.7. The van der Waals surface area contributed by atoms with E-state index in [1.165, 1.54) is 11.1 Å². The number of rotatable bonds is 2. The lowest BCUT2D eigenvalue weighted by atomic mass is 9.82. The van der Waals surface area contributed by atoms with Crippen molar-refractivity contribution in [2.24, 2.45) is 5.92 Å². The molecule has 0 saturated carbocycles. The number of hydrogen-bond acceptors (Lipinski definition) is 2. The minimum Gasteiger partial charge on any atom is -0.337 e. The largest absolute Gasteiger partial charge is 0.337 e. The molecule has 1 aliphatic carbocycles. The number of piperazine rings is 1. The van der Waals surface area contributed by atoms with Crippen molar-refractivity contribution in [2.45, 2.75) is 51.6 Å². The Bertz CT molecular complexity index is 520. The summed E-state index contributed by atoms with van der Waals surface area (Å²) in [4.78, 5) is 14.7. The van der Waals surface area contributed by atoms with Gasteiger partial charge in [-0.25, -0.2) is 0 Å². The Hall–Kier alpha value is -1.06. The van der Waals surface area contributed by atoms with Gasteiger partial charge in [-0.05, 0) is 50.2 Å². The fourth-order valence-corrected chi connectivity index (χ4v) is 3.72. The third-order valence-corrected chi connectivity index (χ3v) is 5.27. The van der Waals surface area contributed by atoms with Crippen LogP contribution in [0.2, 0.25) is 0 Å². The van der Waals surface area contributed by atoms with E-state index in [2.05, 4.69) is 48.3 Å². The molecule has 1 amide bonds. The second-order valence-corrected chi connectivity index (χ2v) is 6.65. The molecule has 1 fully saturated rings. The molecule has 122 valence electrons. The second kappa shape index (κ2) is 7.47. The predicted molar refractivity (Wildman–Crippen MR) is 92.5 cm³/mol. The van der Waals surface area contributed by atoms with Gasteiger partial charge in [0.2, 0.25) is 5.91 Å². The Morgan fingerprint density at radius 2 is 2.00 bits per heavy atom. The van der Waals surface area contributed by atoms with Crippen LogP contribution in [0, 0.1) is 5.92 Å². The first-order chi connectivity index (χ1) is 10.1. The summed E-state index contributed by atoms with van der Waals surface area (Å²) in [5.74, 6) is 0.866. The van der Waals surface area contributed by atoms with Gasteiger partial charge in [-0.15, -0.1) is 12.4 Å². The quantitative estimate of drug-likeness (QED) is 0.908. The first-order valence-corrected chi connectivity index (χ1v) is 8.25. The number of nitrogens with one attached hydrogen (secondary N) is 1. The van der Waals surface area contributed by atoms with Gasteiger partial charge in [0.05, 0.1) is 0 Å². The van der Waals surface area contributed by atoms with Crippen molar-refractivity contribution >= 4 is 18.3 Å². The SMILES string of the molecule is CC1NCCN(C(=O)CC2CCc3ccccc3C2)C1C.Cl. The van der Waals surface area contributed by atoms with E-state index in [9.17, 15) is 4.79 Å². The fraction of sp³-hybridized carbons (Fsp3) is 0.611. The zero-order chi connectivity index (χ0) is 14.8. The standard InChI is InChI=1S/C18H26N2O.ClH/c1-13-14(2)20(10-9-19-13)18(21)12-15-7-8-16-5-3-4-6-17(16)11-15;/h3-6,13-15,19H,7-12H2,1-2H3;1H. The average molecular weight is 323 g/mol. The van der Waals surface area contributed by atoms with E-state index in [0.717, 1.165) is 32.4 Å². The van der Waals surface area contributed by atoms with Crippen molar-refractivity contribution in [3.05, 3.63) is 35.4 Å². The van der Waals surface area contributed by atoms with Crippen LogP contribution < -0.4 is 5.32 Å². The molecule has 4 heteroatoms. The van der Waals surface area contributed by atoms with E-state index in [0.29, 0.717) is 30.3 Å². The van der Waals surface area contributed by atoms with Gasteiger partial charge in [-0.2, -0.15) is 0 Å². The summed E-state index contributed by atoms with van der Waals surface area (Å²) in [5, 5.41) is 3.44. The van der Waals surface area contributed by atoms with Crippen LogP contribution in [0.4, 0.5) is 0 Å². The van der Waals surface area contributed by atoms with Crippen LogP contribution in [-0.2, 0) is 17.6 Å². The van der Waals surface area contributed by atoms with Crippen LogP contribution in [0.25, 0.3) is 0 Å². The molecule has 22 heavy (non-hydrogen) atoms. The van der Waals surface area contributed by atoms with Gasteiger partial charge in [-0.3, -0.25) is 4.79 Å². The molecule has 1 heterocycles. The first-order valence-electron chi connectivity index (χ1n) is 8.25. The number of amides is 1. The number of hydrogen-bond donors (Lipinski definition) is 1. The maximum Gasteiger partial charge on any atom is 0.223 e. The molecule has 0 aromatic heterocycles. The van der Waals surface area contributed by atoms with Gasteiger partial charge < -0.3 is 10.2 Å². The molecular weight excluding hydrogens is 296 g/mol. The summed E-state index contributed by atoms with van der Waals surface area (Å²) in [6, 6.07) is 9.39. The Morgan fingerprint density at radius 1 is 1.27 bits per heavy atom. The summed E-state index contributed by atoms with van der Waals surface area (Å²) in [6.45, 7) is 6.10. The molecule has 3 atom stereocenters. The van der Waals surface area contributed by atoms with Gasteiger partial charge in [0.25, 0.3) is 0 Å². The molecular formula is C18H27ClN2O. The molecule has 1 N–H and O–H groups in total. The summed E-state index contributed by atoms with van der Waals surface area (Å²) in [6.07, 6.45) is 4.06. The summed E-state index contributed by atoms with van der Waals surface area (Å²) in [7, 11) is 0. The molecule has 3 nitrogen and oxygen atoms in total. The van der Waals surface area contributed by atoms with Crippen LogP contribution in [-0.4, -0.2) is 36.0 Å².